The first-order valence-corrected chi connectivity index (χ1v) is 31.0. The smallest absolute Gasteiger partial charge is 0.744 e. The molecule has 0 aliphatic rings. The number of benzene rings is 2. The van der Waals surface area contributed by atoms with E-state index in [1.165, 1.54) is 281 Å². The number of hydrogen-bond acceptors (Lipinski definition) is 6. The number of aryl methyl sites for hydroxylation is 2. The molecule has 2 aromatic rings. The SMILES string of the molecule is CCCCCCCCCCCCCCCCCCCCCCCc1cccc(S(=O)(=O)[O-])c1.CCCCCCCCCCCCCCCCCCCCCCCc1cccc(S(=O)(=O)[O-])c1.[Ca+2]. The van der Waals surface area contributed by atoms with Crippen LogP contribution >= 0.6 is 0 Å². The van der Waals surface area contributed by atoms with E-state index in [0.29, 0.717) is 0 Å². The van der Waals surface area contributed by atoms with Crippen LogP contribution in [0.25, 0.3) is 0 Å². The van der Waals surface area contributed by atoms with Crippen LogP contribution in [-0.4, -0.2) is 63.7 Å². The van der Waals surface area contributed by atoms with Crippen molar-refractivity contribution < 1.29 is 25.9 Å². The fourth-order valence-corrected chi connectivity index (χ4v) is 10.3. The minimum atomic E-state index is -4.34. The quantitative estimate of drug-likeness (QED) is 0.0371. The molecule has 0 saturated heterocycles. The third kappa shape index (κ3) is 44.0. The summed E-state index contributed by atoms with van der Waals surface area (Å²) >= 11 is 0. The van der Waals surface area contributed by atoms with Gasteiger partial charge < -0.3 is 9.11 Å². The van der Waals surface area contributed by atoms with Crippen molar-refractivity contribution in [1.29, 1.82) is 0 Å². The second-order valence-corrected chi connectivity index (χ2v) is 22.6. The summed E-state index contributed by atoms with van der Waals surface area (Å²) in [5, 5.41) is 0. The average molecular weight is 1000 g/mol. The van der Waals surface area contributed by atoms with E-state index in [9.17, 15) is 25.9 Å². The maximum Gasteiger partial charge on any atom is 2.00 e. The summed E-state index contributed by atoms with van der Waals surface area (Å²) in [6.07, 6.45) is 59.4. The van der Waals surface area contributed by atoms with Gasteiger partial charge in [-0.25, -0.2) is 16.8 Å². The third-order valence-electron chi connectivity index (χ3n) is 13.5. The molecular formula is C58H102CaO6S2. The van der Waals surface area contributed by atoms with Crippen LogP contribution in [0.15, 0.2) is 58.3 Å². The van der Waals surface area contributed by atoms with E-state index in [1.54, 1.807) is 12.1 Å². The molecule has 0 saturated carbocycles. The molecule has 2 aromatic carbocycles. The summed E-state index contributed by atoms with van der Waals surface area (Å²) in [6, 6.07) is 13.0. The Morgan fingerprint density at radius 1 is 0.299 bits per heavy atom. The molecule has 0 fully saturated rings. The summed E-state index contributed by atoms with van der Waals surface area (Å²) < 4.78 is 66.6. The molecule has 0 aliphatic carbocycles. The van der Waals surface area contributed by atoms with Crippen LogP contribution in [0.2, 0.25) is 0 Å². The first kappa shape index (κ1) is 66.5. The summed E-state index contributed by atoms with van der Waals surface area (Å²) in [4.78, 5) is -0.216. The molecule has 9 heteroatoms. The molecule has 67 heavy (non-hydrogen) atoms. The fourth-order valence-electron chi connectivity index (χ4n) is 9.24. The van der Waals surface area contributed by atoms with E-state index in [4.69, 9.17) is 0 Å². The second kappa shape index (κ2) is 47.8. The van der Waals surface area contributed by atoms with E-state index in [1.807, 2.05) is 12.1 Å². The van der Waals surface area contributed by atoms with Gasteiger partial charge in [0.05, 0.1) is 9.79 Å². The fraction of sp³-hybridized carbons (Fsp3) is 0.793. The largest absolute Gasteiger partial charge is 2.00 e. The standard InChI is InChI=1S/2C29H52O3S.Ca/c2*1-2-3-4-5-6-7-8-9-10-11-12-13-14-15-16-17-18-19-20-21-22-24-28-25-23-26-29(27-28)33(30,31)32;/h2*23,25-27H,2-22,24H2,1H3,(H,30,31,32);/q;;+2/p-2. The predicted molar refractivity (Wildman–Crippen MR) is 287 cm³/mol. The van der Waals surface area contributed by atoms with Crippen LogP contribution in [0.1, 0.15) is 295 Å². The van der Waals surface area contributed by atoms with Gasteiger partial charge in [-0.2, -0.15) is 0 Å². The van der Waals surface area contributed by atoms with Crippen LogP contribution < -0.4 is 0 Å². The van der Waals surface area contributed by atoms with Gasteiger partial charge in [0.15, 0.2) is 0 Å². The molecule has 0 heterocycles. The number of rotatable bonds is 46. The van der Waals surface area contributed by atoms with Gasteiger partial charge in [-0.05, 0) is 61.1 Å². The molecule has 0 unspecified atom stereocenters. The summed E-state index contributed by atoms with van der Waals surface area (Å²) in [6.45, 7) is 4.57. The summed E-state index contributed by atoms with van der Waals surface area (Å²) in [5.41, 5.74) is 1.90. The Hall–Kier alpha value is -0.480. The van der Waals surface area contributed by atoms with Crippen molar-refractivity contribution in [2.24, 2.45) is 0 Å². The summed E-state index contributed by atoms with van der Waals surface area (Å²) in [5.74, 6) is 0. The van der Waals surface area contributed by atoms with Crippen molar-refractivity contribution >= 4 is 58.0 Å². The van der Waals surface area contributed by atoms with E-state index >= 15 is 0 Å². The molecule has 0 amide bonds. The van der Waals surface area contributed by atoms with E-state index < -0.39 is 20.2 Å². The molecule has 0 atom stereocenters. The molecule has 6 nitrogen and oxygen atoms in total. The van der Waals surface area contributed by atoms with E-state index in [0.717, 1.165) is 36.8 Å². The average Bonchev–Trinajstić information content (AvgIpc) is 3.30. The van der Waals surface area contributed by atoms with Gasteiger partial charge in [0.2, 0.25) is 0 Å². The van der Waals surface area contributed by atoms with Crippen LogP contribution in [0, 0.1) is 0 Å². The summed E-state index contributed by atoms with van der Waals surface area (Å²) in [7, 11) is -8.68. The van der Waals surface area contributed by atoms with Crippen LogP contribution in [0.4, 0.5) is 0 Å². The van der Waals surface area contributed by atoms with Gasteiger partial charge in [-0.15, -0.1) is 0 Å². The van der Waals surface area contributed by atoms with Crippen molar-refractivity contribution in [2.75, 3.05) is 0 Å². The molecule has 0 bridgehead atoms. The van der Waals surface area contributed by atoms with Crippen molar-refractivity contribution in [1.82, 2.24) is 0 Å². The zero-order valence-corrected chi connectivity index (χ0v) is 47.5. The van der Waals surface area contributed by atoms with Gasteiger partial charge >= 0.3 is 37.7 Å². The monoisotopic (exact) mass is 999 g/mol. The van der Waals surface area contributed by atoms with E-state index in [2.05, 4.69) is 13.8 Å². The van der Waals surface area contributed by atoms with Gasteiger partial charge in [-0.1, -0.05) is 295 Å². The van der Waals surface area contributed by atoms with Gasteiger partial charge in [0, 0.05) is 0 Å². The van der Waals surface area contributed by atoms with Crippen molar-refractivity contribution in [3.8, 4) is 0 Å². The third-order valence-corrected chi connectivity index (χ3v) is 15.2. The molecule has 2 rings (SSSR count). The Morgan fingerprint density at radius 2 is 0.478 bits per heavy atom. The minimum absolute atomic E-state index is 0. The van der Waals surface area contributed by atoms with Crippen molar-refractivity contribution in [3.63, 3.8) is 0 Å². The molecule has 0 aliphatic heterocycles. The van der Waals surface area contributed by atoms with Crippen molar-refractivity contribution in [2.45, 2.75) is 306 Å². The molecule has 384 valence electrons. The van der Waals surface area contributed by atoms with Gasteiger partial charge in [0.25, 0.3) is 0 Å². The topological polar surface area (TPSA) is 114 Å². The van der Waals surface area contributed by atoms with Crippen molar-refractivity contribution in [3.05, 3.63) is 59.7 Å². The number of unbranched alkanes of at least 4 members (excludes halogenated alkanes) is 40. The second-order valence-electron chi connectivity index (χ2n) is 19.8. The molecule has 0 radical (unpaired) electrons. The van der Waals surface area contributed by atoms with E-state index in [-0.39, 0.29) is 47.5 Å². The predicted octanol–water partition coefficient (Wildman–Crippen LogP) is 18.3. The zero-order valence-electron chi connectivity index (χ0n) is 43.7. The Kier molecular flexibility index (Phi) is 47.5. The van der Waals surface area contributed by atoms with Gasteiger partial charge in [-0.3, -0.25) is 0 Å². The Bertz CT molecular complexity index is 1460. The minimum Gasteiger partial charge on any atom is -0.744 e. The Labute approximate surface area is 446 Å². The van der Waals surface area contributed by atoms with Gasteiger partial charge in [0.1, 0.15) is 20.2 Å². The first-order valence-electron chi connectivity index (χ1n) is 28.2. The normalized spacial score (nSPS) is 11.6. The Morgan fingerprint density at radius 3 is 0.657 bits per heavy atom. The molecule has 0 spiro atoms. The Balaban J connectivity index is 0.00000128. The van der Waals surface area contributed by atoms with Crippen LogP contribution in [0.3, 0.4) is 0 Å². The molecule has 0 aromatic heterocycles. The molecular weight excluding hydrogens is 897 g/mol. The first-order chi connectivity index (χ1) is 32.1. The maximum absolute atomic E-state index is 11.1. The van der Waals surface area contributed by atoms with Crippen LogP contribution in [-0.2, 0) is 33.1 Å². The zero-order chi connectivity index (χ0) is 48.1. The number of hydrogen-bond donors (Lipinski definition) is 0. The van der Waals surface area contributed by atoms with Crippen LogP contribution in [0.5, 0.6) is 0 Å². The maximum atomic E-state index is 11.1. The molecule has 0 N–H and O–H groups in total.